The molecule has 0 heterocycles. The minimum absolute atomic E-state index is 0.168. The molecule has 1 aliphatic carbocycles. The third-order valence-corrected chi connectivity index (χ3v) is 4.18. The van der Waals surface area contributed by atoms with Gasteiger partial charge in [-0.2, -0.15) is 0 Å². The molecule has 0 saturated heterocycles. The van der Waals surface area contributed by atoms with Gasteiger partial charge in [0.15, 0.2) is 5.78 Å². The van der Waals surface area contributed by atoms with Crippen LogP contribution >= 0.6 is 22.6 Å². The molecule has 110 valence electrons. The van der Waals surface area contributed by atoms with Crippen molar-refractivity contribution in [2.75, 3.05) is 0 Å². The number of rotatable bonds is 3. The third-order valence-electron chi connectivity index (χ3n) is 3.46. The topological polar surface area (TPSA) is 29.4 Å². The number of allylic oxidation sites excluding steroid dienone is 4. The van der Waals surface area contributed by atoms with Gasteiger partial charge < -0.3 is 0 Å². The smallest absolute Gasteiger partial charge is 0.185 e. The van der Waals surface area contributed by atoms with Crippen LogP contribution in [0.5, 0.6) is 0 Å². The van der Waals surface area contributed by atoms with Crippen molar-refractivity contribution < 1.29 is 4.79 Å². The number of carbonyl (C=O) groups excluding carboxylic acids is 1. The highest BCUT2D eigenvalue weighted by Crippen LogP contribution is 2.26. The van der Waals surface area contributed by atoms with Crippen LogP contribution < -0.4 is 0 Å². The van der Waals surface area contributed by atoms with Crippen LogP contribution in [-0.4, -0.2) is 11.5 Å². The van der Waals surface area contributed by atoms with Crippen LogP contribution in [0.1, 0.15) is 27.7 Å². The second kappa shape index (κ2) is 6.69. The van der Waals surface area contributed by atoms with Gasteiger partial charge in [-0.1, -0.05) is 27.7 Å². The summed E-state index contributed by atoms with van der Waals surface area (Å²) in [6, 6.07) is 8.07. The van der Waals surface area contributed by atoms with E-state index in [2.05, 4.69) is 55.3 Å². The van der Waals surface area contributed by atoms with Crippen molar-refractivity contribution in [3.8, 4) is 0 Å². The SMILES string of the molecule is CC(C)C1=CC(=Nc2ccc(I)cc2)C=C(C(C)C)C1=O. The Morgan fingerprint density at radius 2 is 1.38 bits per heavy atom. The molecule has 0 spiro atoms. The Bertz CT molecular complexity index is 604. The Morgan fingerprint density at radius 1 is 0.905 bits per heavy atom. The number of carbonyl (C=O) groups is 1. The fourth-order valence-electron chi connectivity index (χ4n) is 2.25. The molecule has 2 nitrogen and oxygen atoms in total. The number of hydrogen-bond donors (Lipinski definition) is 0. The van der Waals surface area contributed by atoms with E-state index in [1.54, 1.807) is 0 Å². The van der Waals surface area contributed by atoms with Crippen LogP contribution in [0.25, 0.3) is 0 Å². The van der Waals surface area contributed by atoms with Crippen LogP contribution in [0, 0.1) is 15.4 Å². The van der Waals surface area contributed by atoms with Crippen LogP contribution in [0.15, 0.2) is 52.6 Å². The first-order valence-electron chi connectivity index (χ1n) is 7.20. The maximum Gasteiger partial charge on any atom is 0.185 e. The van der Waals surface area contributed by atoms with Gasteiger partial charge in [-0.05, 0) is 70.8 Å². The minimum Gasteiger partial charge on any atom is -0.289 e. The second-order valence-electron chi connectivity index (χ2n) is 5.85. The Balaban J connectivity index is 2.45. The number of benzene rings is 1. The summed E-state index contributed by atoms with van der Waals surface area (Å²) in [5.74, 6) is 0.588. The van der Waals surface area contributed by atoms with E-state index in [-0.39, 0.29) is 17.6 Å². The molecule has 0 aromatic heterocycles. The molecule has 1 aliphatic rings. The van der Waals surface area contributed by atoms with Crippen molar-refractivity contribution in [2.24, 2.45) is 16.8 Å². The van der Waals surface area contributed by atoms with Crippen LogP contribution in [0.3, 0.4) is 0 Å². The highest BCUT2D eigenvalue weighted by atomic mass is 127. The number of Topliss-reactive ketones (excluding diaryl/α,β-unsaturated/α-hetero) is 1. The summed E-state index contributed by atoms with van der Waals surface area (Å²) in [5, 5.41) is 0. The summed E-state index contributed by atoms with van der Waals surface area (Å²) in [6.45, 7) is 8.20. The van der Waals surface area contributed by atoms with Gasteiger partial charge in [-0.3, -0.25) is 4.79 Å². The van der Waals surface area contributed by atoms with E-state index in [0.29, 0.717) is 0 Å². The van der Waals surface area contributed by atoms with Crippen molar-refractivity contribution in [1.82, 2.24) is 0 Å². The zero-order valence-electron chi connectivity index (χ0n) is 12.9. The predicted molar refractivity (Wildman–Crippen MR) is 97.1 cm³/mol. The monoisotopic (exact) mass is 393 g/mol. The number of hydrogen-bond acceptors (Lipinski definition) is 2. The fourth-order valence-corrected chi connectivity index (χ4v) is 2.60. The summed E-state index contributed by atoms with van der Waals surface area (Å²) in [5.41, 5.74) is 3.48. The molecular formula is C18H20INO. The molecule has 2 rings (SSSR count). The van der Waals surface area contributed by atoms with Gasteiger partial charge in [-0.25, -0.2) is 4.99 Å². The molecule has 0 saturated carbocycles. The molecular weight excluding hydrogens is 373 g/mol. The van der Waals surface area contributed by atoms with Crippen LogP contribution in [0.2, 0.25) is 0 Å². The molecule has 1 aromatic rings. The lowest BCUT2D eigenvalue weighted by molar-refractivity contribution is -0.113. The average Bonchev–Trinajstić information content (AvgIpc) is 2.42. The van der Waals surface area contributed by atoms with Gasteiger partial charge >= 0.3 is 0 Å². The summed E-state index contributed by atoms with van der Waals surface area (Å²) in [4.78, 5) is 17.1. The molecule has 0 aliphatic heterocycles. The highest BCUT2D eigenvalue weighted by molar-refractivity contribution is 14.1. The van der Waals surface area contributed by atoms with E-state index in [9.17, 15) is 4.79 Å². The lowest BCUT2D eigenvalue weighted by Crippen LogP contribution is -2.20. The van der Waals surface area contributed by atoms with Crippen molar-refractivity contribution in [2.45, 2.75) is 27.7 Å². The number of halogens is 1. The van der Waals surface area contributed by atoms with E-state index in [4.69, 9.17) is 0 Å². The molecule has 0 N–H and O–H groups in total. The third kappa shape index (κ3) is 3.90. The molecule has 0 unspecified atom stereocenters. The van der Waals surface area contributed by atoms with Gasteiger partial charge in [0.1, 0.15) is 0 Å². The van der Waals surface area contributed by atoms with Gasteiger partial charge in [-0.15, -0.1) is 0 Å². The number of ketones is 1. The first kappa shape index (κ1) is 16.1. The summed E-state index contributed by atoms with van der Waals surface area (Å²) >= 11 is 2.28. The van der Waals surface area contributed by atoms with Crippen molar-refractivity contribution in [3.05, 3.63) is 51.1 Å². The first-order chi connectivity index (χ1) is 9.88. The molecule has 0 amide bonds. The first-order valence-corrected chi connectivity index (χ1v) is 8.28. The largest absolute Gasteiger partial charge is 0.289 e. The van der Waals surface area contributed by atoms with Crippen LogP contribution in [-0.2, 0) is 4.79 Å². The summed E-state index contributed by atoms with van der Waals surface area (Å²) in [7, 11) is 0. The van der Waals surface area contributed by atoms with Gasteiger partial charge in [0.05, 0.1) is 11.4 Å². The second-order valence-corrected chi connectivity index (χ2v) is 7.10. The molecule has 1 aromatic carbocycles. The Morgan fingerprint density at radius 3 is 1.81 bits per heavy atom. The molecule has 0 radical (unpaired) electrons. The van der Waals surface area contributed by atoms with E-state index in [1.165, 1.54) is 3.57 Å². The maximum absolute atomic E-state index is 12.5. The Hall–Kier alpha value is -1.23. The standard InChI is InChI=1S/C18H20INO/c1-11(2)16-9-15(10-17(12(3)4)18(16)21)20-14-7-5-13(19)6-8-14/h5-12H,1-4H3. The molecule has 21 heavy (non-hydrogen) atoms. The fraction of sp³-hybridized carbons (Fsp3) is 0.333. The highest BCUT2D eigenvalue weighted by Gasteiger charge is 2.24. The Labute approximate surface area is 140 Å². The van der Waals surface area contributed by atoms with E-state index in [1.807, 2.05) is 36.4 Å². The molecule has 0 bridgehead atoms. The average molecular weight is 393 g/mol. The lowest BCUT2D eigenvalue weighted by atomic mass is 9.84. The minimum atomic E-state index is 0.168. The zero-order chi connectivity index (χ0) is 15.6. The van der Waals surface area contributed by atoms with Crippen molar-refractivity contribution in [1.29, 1.82) is 0 Å². The predicted octanol–water partition coefficient (Wildman–Crippen LogP) is 5.11. The van der Waals surface area contributed by atoms with E-state index >= 15 is 0 Å². The van der Waals surface area contributed by atoms with Gasteiger partial charge in [0.25, 0.3) is 0 Å². The lowest BCUT2D eigenvalue weighted by Gasteiger charge is -2.20. The van der Waals surface area contributed by atoms with Gasteiger partial charge in [0, 0.05) is 14.7 Å². The van der Waals surface area contributed by atoms with Crippen molar-refractivity contribution in [3.63, 3.8) is 0 Å². The summed E-state index contributed by atoms with van der Waals surface area (Å²) in [6.07, 6.45) is 3.85. The quantitative estimate of drug-likeness (QED) is 0.518. The maximum atomic E-state index is 12.5. The zero-order valence-corrected chi connectivity index (χ0v) is 15.0. The Kier molecular flexibility index (Phi) is 5.14. The summed E-state index contributed by atoms with van der Waals surface area (Å²) < 4.78 is 1.19. The molecule has 0 atom stereocenters. The van der Waals surface area contributed by atoms with Crippen molar-refractivity contribution >= 4 is 39.8 Å². The molecule has 3 heteroatoms. The van der Waals surface area contributed by atoms with Gasteiger partial charge in [0.2, 0.25) is 0 Å². The number of aliphatic imine (C=N–C) groups is 1. The van der Waals surface area contributed by atoms with E-state index < -0.39 is 0 Å². The normalized spacial score (nSPS) is 15.4. The van der Waals surface area contributed by atoms with E-state index in [0.717, 1.165) is 22.5 Å². The molecule has 0 fully saturated rings. The van der Waals surface area contributed by atoms with Crippen LogP contribution in [0.4, 0.5) is 5.69 Å². The number of nitrogens with zero attached hydrogens (tertiary/aromatic N) is 1.